The molecule has 1 aliphatic heterocycles. The fraction of sp³-hybridized carbons (Fsp3) is 0.611. The number of likely N-dealkylation sites (N-methyl/N-ethyl adjacent to an activating group) is 1. The summed E-state index contributed by atoms with van der Waals surface area (Å²) in [6.07, 6.45) is 2.18. The predicted octanol–water partition coefficient (Wildman–Crippen LogP) is 2.57. The van der Waals surface area contributed by atoms with Gasteiger partial charge in [0.2, 0.25) is 0 Å². The van der Waals surface area contributed by atoms with E-state index in [1.54, 1.807) is 0 Å². The summed E-state index contributed by atoms with van der Waals surface area (Å²) in [7, 11) is 1.95. The molecule has 0 radical (unpaired) electrons. The quantitative estimate of drug-likeness (QED) is 0.929. The maximum atomic E-state index is 12.4. The maximum Gasteiger partial charge on any atom is 0.260 e. The molecule has 0 aromatic heterocycles. The van der Waals surface area contributed by atoms with E-state index in [1.807, 2.05) is 30.1 Å². The molecule has 4 heteroatoms. The molecule has 2 rings (SSSR count). The fourth-order valence-electron chi connectivity index (χ4n) is 2.88. The lowest BCUT2D eigenvalue weighted by atomic mass is 9.86. The van der Waals surface area contributed by atoms with E-state index < -0.39 is 0 Å². The van der Waals surface area contributed by atoms with E-state index in [4.69, 9.17) is 4.74 Å². The van der Waals surface area contributed by atoms with Crippen LogP contribution in [0.5, 0.6) is 5.75 Å². The number of benzene rings is 1. The van der Waals surface area contributed by atoms with Crippen LogP contribution in [-0.2, 0) is 10.2 Å². The number of piperidine rings is 1. The molecule has 4 nitrogen and oxygen atoms in total. The summed E-state index contributed by atoms with van der Waals surface area (Å²) in [6.45, 7) is 8.18. The number of hydrogen-bond acceptors (Lipinski definition) is 3. The monoisotopic (exact) mass is 304 g/mol. The number of hydrogen-bond donors (Lipinski definition) is 1. The molecule has 1 aromatic rings. The highest BCUT2D eigenvalue weighted by Crippen LogP contribution is 2.30. The minimum atomic E-state index is 0.00198. The minimum Gasteiger partial charge on any atom is -0.483 e. The number of nitrogens with one attached hydrogen (secondary N) is 1. The van der Waals surface area contributed by atoms with Crippen LogP contribution in [0.2, 0.25) is 0 Å². The van der Waals surface area contributed by atoms with Crippen LogP contribution in [0, 0.1) is 0 Å². The number of ether oxygens (including phenoxy) is 1. The van der Waals surface area contributed by atoms with Gasteiger partial charge >= 0.3 is 0 Å². The summed E-state index contributed by atoms with van der Waals surface area (Å²) in [5.74, 6) is 0.884. The largest absolute Gasteiger partial charge is 0.483 e. The van der Waals surface area contributed by atoms with Gasteiger partial charge in [-0.25, -0.2) is 0 Å². The Labute approximate surface area is 133 Å². The first-order valence-corrected chi connectivity index (χ1v) is 8.09. The molecular formula is C18H28N2O2. The van der Waals surface area contributed by atoms with Crippen LogP contribution in [0.15, 0.2) is 24.3 Å². The van der Waals surface area contributed by atoms with Gasteiger partial charge in [0.15, 0.2) is 6.61 Å². The summed E-state index contributed by atoms with van der Waals surface area (Å²) < 4.78 is 5.84. The molecular weight excluding hydrogens is 276 g/mol. The molecule has 1 aromatic carbocycles. The molecule has 122 valence electrons. The first kappa shape index (κ1) is 16.8. The molecule has 1 atom stereocenters. The Balaban J connectivity index is 1.97. The van der Waals surface area contributed by atoms with Gasteiger partial charge < -0.3 is 15.0 Å². The van der Waals surface area contributed by atoms with E-state index in [9.17, 15) is 4.79 Å². The molecule has 0 aliphatic carbocycles. The lowest BCUT2D eigenvalue weighted by molar-refractivity contribution is -0.134. The number of amides is 1. The molecule has 22 heavy (non-hydrogen) atoms. The normalized spacial score (nSPS) is 19.1. The Morgan fingerprint density at radius 1 is 1.36 bits per heavy atom. The number of carbonyl (C=O) groups is 1. The standard InChI is InChI=1S/C18H28N2O2/c1-18(2,3)15-9-5-6-10-16(15)22-13-17(21)20-11-7-8-14(12-20)19-4/h5-6,9-10,14,19H,7-8,11-13H2,1-4H3. The first-order chi connectivity index (χ1) is 10.4. The van der Waals surface area contributed by atoms with Gasteiger partial charge in [-0.3, -0.25) is 4.79 Å². The van der Waals surface area contributed by atoms with E-state index in [0.717, 1.165) is 37.2 Å². The van der Waals surface area contributed by atoms with E-state index >= 15 is 0 Å². The highest BCUT2D eigenvalue weighted by molar-refractivity contribution is 5.78. The Kier molecular flexibility index (Phi) is 5.46. The summed E-state index contributed by atoms with van der Waals surface area (Å²) in [5.41, 5.74) is 1.14. The molecule has 1 aliphatic rings. The SMILES string of the molecule is CNC1CCCN(C(=O)COc2ccccc2C(C)(C)C)C1. The zero-order valence-corrected chi connectivity index (χ0v) is 14.2. The van der Waals surface area contributed by atoms with Crippen LogP contribution >= 0.6 is 0 Å². The second-order valence-electron chi connectivity index (χ2n) is 7.00. The predicted molar refractivity (Wildman–Crippen MR) is 89.3 cm³/mol. The van der Waals surface area contributed by atoms with Crippen molar-refractivity contribution in [2.75, 3.05) is 26.7 Å². The third kappa shape index (κ3) is 4.23. The van der Waals surface area contributed by atoms with Crippen molar-refractivity contribution in [3.8, 4) is 5.75 Å². The van der Waals surface area contributed by atoms with Crippen molar-refractivity contribution >= 4 is 5.91 Å². The van der Waals surface area contributed by atoms with Gasteiger partial charge in [0, 0.05) is 19.1 Å². The van der Waals surface area contributed by atoms with Gasteiger partial charge in [-0.15, -0.1) is 0 Å². The van der Waals surface area contributed by atoms with Crippen LogP contribution in [0.3, 0.4) is 0 Å². The van der Waals surface area contributed by atoms with Crippen LogP contribution in [-0.4, -0.2) is 43.6 Å². The number of para-hydroxylation sites is 1. The van der Waals surface area contributed by atoms with Crippen molar-refractivity contribution in [1.29, 1.82) is 0 Å². The number of likely N-dealkylation sites (tertiary alicyclic amines) is 1. The lowest BCUT2D eigenvalue weighted by Gasteiger charge is -2.32. The van der Waals surface area contributed by atoms with Gasteiger partial charge in [-0.05, 0) is 36.9 Å². The first-order valence-electron chi connectivity index (χ1n) is 8.09. The molecule has 1 N–H and O–H groups in total. The molecule has 1 heterocycles. The number of rotatable bonds is 4. The van der Waals surface area contributed by atoms with Gasteiger partial charge in [0.1, 0.15) is 5.75 Å². The van der Waals surface area contributed by atoms with Crippen molar-refractivity contribution in [2.45, 2.75) is 45.1 Å². The maximum absolute atomic E-state index is 12.4. The lowest BCUT2D eigenvalue weighted by Crippen LogP contribution is -2.48. The highest BCUT2D eigenvalue weighted by Gasteiger charge is 2.24. The van der Waals surface area contributed by atoms with E-state index in [2.05, 4.69) is 32.2 Å². The van der Waals surface area contributed by atoms with Crippen molar-refractivity contribution in [1.82, 2.24) is 10.2 Å². The van der Waals surface area contributed by atoms with E-state index in [1.165, 1.54) is 0 Å². The Morgan fingerprint density at radius 2 is 2.09 bits per heavy atom. The highest BCUT2D eigenvalue weighted by atomic mass is 16.5. The summed E-state index contributed by atoms with van der Waals surface area (Å²) in [6, 6.07) is 8.38. The molecule has 0 spiro atoms. The Hall–Kier alpha value is -1.55. The van der Waals surface area contributed by atoms with Gasteiger partial charge in [-0.1, -0.05) is 39.0 Å². The zero-order valence-electron chi connectivity index (χ0n) is 14.2. The smallest absolute Gasteiger partial charge is 0.260 e. The molecule has 0 saturated carbocycles. The molecule has 0 bridgehead atoms. The number of carbonyl (C=O) groups excluding carboxylic acids is 1. The van der Waals surface area contributed by atoms with Crippen molar-refractivity contribution in [3.05, 3.63) is 29.8 Å². The van der Waals surface area contributed by atoms with Gasteiger partial charge in [0.25, 0.3) is 5.91 Å². The Morgan fingerprint density at radius 3 is 2.77 bits per heavy atom. The van der Waals surface area contributed by atoms with Crippen LogP contribution in [0.4, 0.5) is 0 Å². The third-order valence-electron chi connectivity index (χ3n) is 4.23. The van der Waals surface area contributed by atoms with Crippen LogP contribution in [0.25, 0.3) is 0 Å². The Bertz CT molecular complexity index is 508. The number of nitrogens with zero attached hydrogens (tertiary/aromatic N) is 1. The molecule has 1 amide bonds. The summed E-state index contributed by atoms with van der Waals surface area (Å²) in [5, 5.41) is 3.26. The average Bonchev–Trinajstić information content (AvgIpc) is 2.52. The van der Waals surface area contributed by atoms with Crippen molar-refractivity contribution in [3.63, 3.8) is 0 Å². The molecule has 1 saturated heterocycles. The van der Waals surface area contributed by atoms with E-state index in [0.29, 0.717) is 6.04 Å². The van der Waals surface area contributed by atoms with Crippen molar-refractivity contribution < 1.29 is 9.53 Å². The van der Waals surface area contributed by atoms with E-state index in [-0.39, 0.29) is 17.9 Å². The van der Waals surface area contributed by atoms with Gasteiger partial charge in [-0.2, -0.15) is 0 Å². The third-order valence-corrected chi connectivity index (χ3v) is 4.23. The summed E-state index contributed by atoms with van der Waals surface area (Å²) >= 11 is 0. The second-order valence-corrected chi connectivity index (χ2v) is 7.00. The minimum absolute atomic E-state index is 0.00198. The second kappa shape index (κ2) is 7.14. The van der Waals surface area contributed by atoms with Crippen LogP contribution < -0.4 is 10.1 Å². The summed E-state index contributed by atoms with van der Waals surface area (Å²) in [4.78, 5) is 14.3. The van der Waals surface area contributed by atoms with Crippen LogP contribution in [0.1, 0.15) is 39.2 Å². The average molecular weight is 304 g/mol. The molecule has 1 fully saturated rings. The fourth-order valence-corrected chi connectivity index (χ4v) is 2.88. The topological polar surface area (TPSA) is 41.6 Å². The van der Waals surface area contributed by atoms with Gasteiger partial charge in [0.05, 0.1) is 0 Å². The zero-order chi connectivity index (χ0) is 16.2. The molecule has 1 unspecified atom stereocenters. The van der Waals surface area contributed by atoms with Crippen molar-refractivity contribution in [2.24, 2.45) is 0 Å².